The second-order valence-electron chi connectivity index (χ2n) is 24.8. The van der Waals surface area contributed by atoms with E-state index in [4.69, 9.17) is 24.3 Å². The molecule has 0 fully saturated rings. The highest BCUT2D eigenvalue weighted by Crippen LogP contribution is 2.43. The molecule has 0 saturated heterocycles. The van der Waals surface area contributed by atoms with Crippen molar-refractivity contribution in [3.8, 4) is 0 Å². The van der Waals surface area contributed by atoms with Gasteiger partial charge in [0.2, 0.25) is 0 Å². The molecule has 0 aromatic carbocycles. The molecule has 0 aliphatic heterocycles. The largest absolute Gasteiger partial charge is 0.472 e. The van der Waals surface area contributed by atoms with Crippen molar-refractivity contribution in [1.82, 2.24) is 0 Å². The summed E-state index contributed by atoms with van der Waals surface area (Å²) in [7, 11) is -4.39. The van der Waals surface area contributed by atoms with Gasteiger partial charge in [-0.2, -0.15) is 0 Å². The van der Waals surface area contributed by atoms with Crippen LogP contribution >= 0.6 is 7.82 Å². The fourth-order valence-electron chi connectivity index (χ4n) is 11.1. The van der Waals surface area contributed by atoms with Crippen LogP contribution in [0.4, 0.5) is 0 Å². The average molecular weight is 1190 g/mol. The van der Waals surface area contributed by atoms with Gasteiger partial charge >= 0.3 is 19.8 Å². The third-order valence-corrected chi connectivity index (χ3v) is 17.5. The van der Waals surface area contributed by atoms with Crippen molar-refractivity contribution in [1.29, 1.82) is 0 Å². The van der Waals surface area contributed by atoms with Crippen molar-refractivity contribution in [2.45, 2.75) is 392 Å². The van der Waals surface area contributed by atoms with Crippen LogP contribution in [0.1, 0.15) is 386 Å². The van der Waals surface area contributed by atoms with E-state index in [1.54, 1.807) is 0 Å². The van der Waals surface area contributed by atoms with Gasteiger partial charge in [-0.15, -0.1) is 0 Å². The molecule has 490 valence electrons. The summed E-state index contributed by atoms with van der Waals surface area (Å²) in [6.45, 7) is 3.81. The molecule has 0 rings (SSSR count). The third kappa shape index (κ3) is 69.2. The van der Waals surface area contributed by atoms with Gasteiger partial charge in [0.1, 0.15) is 6.61 Å². The third-order valence-electron chi connectivity index (χ3n) is 16.5. The van der Waals surface area contributed by atoms with Crippen molar-refractivity contribution in [3.63, 3.8) is 0 Å². The zero-order valence-corrected chi connectivity index (χ0v) is 56.1. The van der Waals surface area contributed by atoms with E-state index >= 15 is 0 Å². The molecule has 0 aliphatic rings. The lowest BCUT2D eigenvalue weighted by molar-refractivity contribution is -0.161. The van der Waals surface area contributed by atoms with E-state index in [0.29, 0.717) is 6.42 Å². The van der Waals surface area contributed by atoms with Crippen LogP contribution in [-0.4, -0.2) is 49.3 Å². The van der Waals surface area contributed by atoms with Crippen LogP contribution < -0.4 is 5.73 Å². The minimum atomic E-state index is -4.39. The molecule has 0 radical (unpaired) electrons. The van der Waals surface area contributed by atoms with Crippen LogP contribution in [0.5, 0.6) is 0 Å². The highest BCUT2D eigenvalue weighted by molar-refractivity contribution is 7.47. The Kier molecular flexibility index (Phi) is 67.9. The topological polar surface area (TPSA) is 134 Å². The van der Waals surface area contributed by atoms with Gasteiger partial charge in [0.05, 0.1) is 13.2 Å². The van der Waals surface area contributed by atoms with Crippen LogP contribution in [0.25, 0.3) is 0 Å². The maximum Gasteiger partial charge on any atom is 0.472 e. The Morgan fingerprint density at radius 1 is 0.361 bits per heavy atom. The Bertz CT molecular complexity index is 1450. The molecule has 0 spiro atoms. The first-order valence-electron chi connectivity index (χ1n) is 36.5. The number of unbranched alkanes of at least 4 members (excludes halogenated alkanes) is 51. The van der Waals surface area contributed by atoms with Gasteiger partial charge in [-0.25, -0.2) is 4.57 Å². The Morgan fingerprint density at radius 2 is 0.627 bits per heavy atom. The number of phosphoric ester groups is 1. The van der Waals surface area contributed by atoms with Gasteiger partial charge in [-0.3, -0.25) is 18.6 Å². The standard InChI is InChI=1S/C73H140NO8P/c1-3-5-7-9-11-13-15-17-19-21-23-25-26-27-28-29-30-31-32-33-34-35-36-37-38-39-40-41-42-43-44-46-48-50-52-54-56-58-60-62-64-66-73(76)82-71(70-81-83(77,78)80-68-67-74)69-79-72(75)65-63-61-59-57-55-53-51-49-47-45-24-22-20-18-16-14-12-10-8-6-4-2/h15,17,21,23,26-27,71H,3-14,16,18-20,22,24-25,28-70,74H2,1-2H3,(H,77,78)/b17-15-,23-21-,27-26-. The molecule has 9 nitrogen and oxygen atoms in total. The minimum Gasteiger partial charge on any atom is -0.462 e. The summed E-state index contributed by atoms with van der Waals surface area (Å²) in [5, 5.41) is 0. The Labute approximate surface area is 515 Å². The quantitative estimate of drug-likeness (QED) is 0.0264. The number of allylic oxidation sites excluding steroid dienone is 6. The molecule has 0 saturated carbocycles. The zero-order valence-electron chi connectivity index (χ0n) is 55.2. The summed E-state index contributed by atoms with van der Waals surface area (Å²) in [4.78, 5) is 35.3. The van der Waals surface area contributed by atoms with Gasteiger partial charge < -0.3 is 20.1 Å². The molecule has 3 N–H and O–H groups in total. The van der Waals surface area contributed by atoms with Crippen molar-refractivity contribution >= 4 is 19.8 Å². The molecule has 0 aromatic heterocycles. The van der Waals surface area contributed by atoms with E-state index < -0.39 is 26.5 Å². The molecule has 0 amide bonds. The first-order chi connectivity index (χ1) is 40.8. The molecule has 10 heteroatoms. The number of ether oxygens (including phenoxy) is 2. The van der Waals surface area contributed by atoms with Gasteiger partial charge in [-0.05, 0) is 51.4 Å². The second kappa shape index (κ2) is 69.3. The molecular formula is C73H140NO8P. The molecule has 0 bridgehead atoms. The number of nitrogens with two attached hydrogens (primary N) is 1. The van der Waals surface area contributed by atoms with E-state index in [2.05, 4.69) is 50.3 Å². The lowest BCUT2D eigenvalue weighted by atomic mass is 10.0. The van der Waals surface area contributed by atoms with E-state index in [0.717, 1.165) is 44.9 Å². The van der Waals surface area contributed by atoms with E-state index in [9.17, 15) is 19.0 Å². The van der Waals surface area contributed by atoms with Crippen molar-refractivity contribution in [3.05, 3.63) is 36.5 Å². The number of carbonyl (C=O) groups is 2. The fraction of sp³-hybridized carbons (Fsp3) is 0.890. The molecule has 0 aliphatic carbocycles. The van der Waals surface area contributed by atoms with Gasteiger partial charge in [0.25, 0.3) is 0 Å². The van der Waals surface area contributed by atoms with Crippen molar-refractivity contribution < 1.29 is 37.6 Å². The number of rotatable bonds is 70. The number of hydrogen-bond donors (Lipinski definition) is 2. The summed E-state index contributed by atoms with van der Waals surface area (Å²) >= 11 is 0. The highest BCUT2D eigenvalue weighted by atomic mass is 31.2. The van der Waals surface area contributed by atoms with Gasteiger partial charge in [0, 0.05) is 19.4 Å². The zero-order chi connectivity index (χ0) is 60.1. The van der Waals surface area contributed by atoms with E-state index in [1.165, 1.54) is 308 Å². The Morgan fingerprint density at radius 3 is 0.928 bits per heavy atom. The lowest BCUT2D eigenvalue weighted by Gasteiger charge is -2.19. The summed E-state index contributed by atoms with van der Waals surface area (Å²) in [5.41, 5.74) is 5.40. The summed E-state index contributed by atoms with van der Waals surface area (Å²) in [5.74, 6) is -0.802. The Hall–Kier alpha value is -1.77. The molecule has 0 aromatic rings. The van der Waals surface area contributed by atoms with Crippen LogP contribution in [0.3, 0.4) is 0 Å². The SMILES string of the molecule is CCCCCCC/C=C\C/C=C\C/C=C\CCCCCCCCCCCCCCCCCCCCCCCCCCCCC(=O)OC(COC(=O)CCCCCCCCCCCCCCCCCCCCCCC)COP(=O)(O)OCCN. The van der Waals surface area contributed by atoms with E-state index in [-0.39, 0.29) is 38.6 Å². The molecule has 2 unspecified atom stereocenters. The first-order valence-corrected chi connectivity index (χ1v) is 38.0. The predicted molar refractivity (Wildman–Crippen MR) is 358 cm³/mol. The van der Waals surface area contributed by atoms with E-state index in [1.807, 2.05) is 0 Å². The normalized spacial score (nSPS) is 13.1. The maximum atomic E-state index is 12.8. The monoisotopic (exact) mass is 1190 g/mol. The van der Waals surface area contributed by atoms with Crippen LogP contribution in [0.15, 0.2) is 36.5 Å². The van der Waals surface area contributed by atoms with Crippen molar-refractivity contribution in [2.24, 2.45) is 5.73 Å². The maximum absolute atomic E-state index is 12.8. The second-order valence-corrected chi connectivity index (χ2v) is 26.3. The van der Waals surface area contributed by atoms with Gasteiger partial charge in [-0.1, -0.05) is 359 Å². The van der Waals surface area contributed by atoms with Gasteiger partial charge in [0.15, 0.2) is 6.10 Å². The lowest BCUT2D eigenvalue weighted by Crippen LogP contribution is -2.29. The average Bonchev–Trinajstić information content (AvgIpc) is 3.49. The fourth-order valence-corrected chi connectivity index (χ4v) is 11.9. The predicted octanol–water partition coefficient (Wildman–Crippen LogP) is 23.9. The minimum absolute atomic E-state index is 0.0571. The Balaban J connectivity index is 3.74. The summed E-state index contributed by atoms with van der Waals surface area (Å²) in [6.07, 6.45) is 86.9. The molecule has 2 atom stereocenters. The smallest absolute Gasteiger partial charge is 0.462 e. The molecular weight excluding hydrogens is 1050 g/mol. The number of carbonyl (C=O) groups excluding carboxylic acids is 2. The highest BCUT2D eigenvalue weighted by Gasteiger charge is 2.26. The first kappa shape index (κ1) is 81.2. The number of phosphoric acid groups is 1. The van der Waals surface area contributed by atoms with Crippen LogP contribution in [0, 0.1) is 0 Å². The molecule has 83 heavy (non-hydrogen) atoms. The number of esters is 2. The van der Waals surface area contributed by atoms with Crippen molar-refractivity contribution in [2.75, 3.05) is 26.4 Å². The van der Waals surface area contributed by atoms with Crippen LogP contribution in [-0.2, 0) is 32.7 Å². The summed E-state index contributed by atoms with van der Waals surface area (Å²) < 4.78 is 33.2. The number of hydrogen-bond acceptors (Lipinski definition) is 8. The van der Waals surface area contributed by atoms with Crippen LogP contribution in [0.2, 0.25) is 0 Å². The molecule has 0 heterocycles. The summed E-state index contributed by atoms with van der Waals surface area (Å²) in [6, 6.07) is 0.